The second-order valence-electron chi connectivity index (χ2n) is 4.38. The Kier molecular flexibility index (Phi) is 4.99. The summed E-state index contributed by atoms with van der Waals surface area (Å²) in [6.45, 7) is 1.20. The number of aromatic nitrogens is 4. The molecule has 0 aliphatic rings. The highest BCUT2D eigenvalue weighted by molar-refractivity contribution is 7.89. The molecule has 8 nitrogen and oxygen atoms in total. The van der Waals surface area contributed by atoms with Crippen molar-refractivity contribution in [2.24, 2.45) is 0 Å². The van der Waals surface area contributed by atoms with Crippen LogP contribution in [0.4, 0.5) is 0 Å². The van der Waals surface area contributed by atoms with Crippen LogP contribution in [-0.2, 0) is 27.8 Å². The lowest BCUT2D eigenvalue weighted by Gasteiger charge is -2.16. The molecular formula is C12H17N5O3S. The van der Waals surface area contributed by atoms with Crippen LogP contribution >= 0.6 is 0 Å². The summed E-state index contributed by atoms with van der Waals surface area (Å²) in [5.41, 5.74) is 0. The smallest absolute Gasteiger partial charge is 0.244 e. The highest BCUT2D eigenvalue weighted by Crippen LogP contribution is 2.14. The molecule has 0 atom stereocenters. The van der Waals surface area contributed by atoms with Crippen molar-refractivity contribution in [1.29, 1.82) is 0 Å². The van der Waals surface area contributed by atoms with Crippen molar-refractivity contribution >= 4 is 10.0 Å². The molecule has 2 rings (SSSR count). The Bertz CT molecular complexity index is 671. The Labute approximate surface area is 123 Å². The molecule has 21 heavy (non-hydrogen) atoms. The van der Waals surface area contributed by atoms with Gasteiger partial charge in [0.1, 0.15) is 17.0 Å². The van der Waals surface area contributed by atoms with Crippen molar-refractivity contribution in [2.45, 2.75) is 18.0 Å². The van der Waals surface area contributed by atoms with Crippen LogP contribution in [-0.4, -0.2) is 53.2 Å². The van der Waals surface area contributed by atoms with E-state index in [1.807, 2.05) is 0 Å². The third-order valence-corrected chi connectivity index (χ3v) is 4.73. The van der Waals surface area contributed by atoms with Crippen LogP contribution in [0.15, 0.2) is 35.7 Å². The number of ether oxygens (including phenoxy) is 1. The van der Waals surface area contributed by atoms with Gasteiger partial charge in [0.05, 0.1) is 13.2 Å². The van der Waals surface area contributed by atoms with Crippen LogP contribution in [0.1, 0.15) is 5.82 Å². The van der Waals surface area contributed by atoms with Gasteiger partial charge in [0.2, 0.25) is 10.0 Å². The first-order valence-corrected chi connectivity index (χ1v) is 7.71. The van der Waals surface area contributed by atoms with E-state index in [0.29, 0.717) is 19.0 Å². The van der Waals surface area contributed by atoms with E-state index < -0.39 is 10.0 Å². The first kappa shape index (κ1) is 15.5. The topological polar surface area (TPSA) is 90.2 Å². The van der Waals surface area contributed by atoms with E-state index in [1.54, 1.807) is 24.1 Å². The minimum atomic E-state index is -3.59. The minimum absolute atomic E-state index is 0.126. The van der Waals surface area contributed by atoms with Crippen LogP contribution in [0.5, 0.6) is 0 Å². The zero-order chi connectivity index (χ0) is 15.3. The lowest BCUT2D eigenvalue weighted by molar-refractivity contribution is 0.185. The van der Waals surface area contributed by atoms with Crippen molar-refractivity contribution in [1.82, 2.24) is 24.1 Å². The number of pyridine rings is 1. The molecule has 0 unspecified atom stereocenters. The monoisotopic (exact) mass is 311 g/mol. The second kappa shape index (κ2) is 6.74. The van der Waals surface area contributed by atoms with Crippen molar-refractivity contribution < 1.29 is 13.2 Å². The van der Waals surface area contributed by atoms with E-state index >= 15 is 0 Å². The highest BCUT2D eigenvalue weighted by Gasteiger charge is 2.22. The third kappa shape index (κ3) is 3.63. The predicted molar refractivity (Wildman–Crippen MR) is 74.8 cm³/mol. The van der Waals surface area contributed by atoms with Gasteiger partial charge in [0.15, 0.2) is 0 Å². The van der Waals surface area contributed by atoms with E-state index in [-0.39, 0.29) is 11.4 Å². The Balaban J connectivity index is 2.15. The summed E-state index contributed by atoms with van der Waals surface area (Å²) in [5, 5.41) is 7.76. The summed E-state index contributed by atoms with van der Waals surface area (Å²) in [6.07, 6.45) is 4.40. The van der Waals surface area contributed by atoms with Gasteiger partial charge in [-0.05, 0) is 12.1 Å². The molecule has 0 bridgehead atoms. The van der Waals surface area contributed by atoms with Crippen molar-refractivity contribution in [2.75, 3.05) is 20.8 Å². The molecule has 2 aromatic rings. The molecule has 0 saturated carbocycles. The van der Waals surface area contributed by atoms with Crippen molar-refractivity contribution in [3.05, 3.63) is 36.7 Å². The van der Waals surface area contributed by atoms with E-state index in [2.05, 4.69) is 15.2 Å². The molecule has 0 saturated heterocycles. The standard InChI is InChI=1S/C12H17N5O3S/c1-16(21(18,19)11-4-3-5-13-8-11)9-12-15-14-10-17(12)6-7-20-2/h3-5,8,10H,6-7,9H2,1-2H3. The van der Waals surface area contributed by atoms with Crippen LogP contribution in [0.25, 0.3) is 0 Å². The molecule has 0 aliphatic heterocycles. The molecule has 2 heterocycles. The van der Waals surface area contributed by atoms with Gasteiger partial charge in [0, 0.05) is 33.1 Å². The number of nitrogens with zero attached hydrogens (tertiary/aromatic N) is 5. The molecule has 0 amide bonds. The molecule has 2 aromatic heterocycles. The summed E-state index contributed by atoms with van der Waals surface area (Å²) < 4.78 is 32.8. The first-order chi connectivity index (χ1) is 10.1. The fourth-order valence-electron chi connectivity index (χ4n) is 1.74. The zero-order valence-corrected chi connectivity index (χ0v) is 12.7. The lowest BCUT2D eigenvalue weighted by Crippen LogP contribution is -2.28. The fourth-order valence-corrected chi connectivity index (χ4v) is 2.83. The molecule has 0 aliphatic carbocycles. The molecule has 0 fully saturated rings. The van der Waals surface area contributed by atoms with E-state index in [4.69, 9.17) is 4.74 Å². The summed E-state index contributed by atoms with van der Waals surface area (Å²) in [7, 11) is -0.496. The lowest BCUT2D eigenvalue weighted by atomic mass is 10.5. The number of rotatable bonds is 7. The van der Waals surface area contributed by atoms with Gasteiger partial charge >= 0.3 is 0 Å². The van der Waals surface area contributed by atoms with Crippen LogP contribution in [0.3, 0.4) is 0 Å². The number of methoxy groups -OCH3 is 1. The van der Waals surface area contributed by atoms with Gasteiger partial charge < -0.3 is 9.30 Å². The molecule has 114 valence electrons. The predicted octanol–water partition coefficient (Wildman–Crippen LogP) is 0.140. The summed E-state index contributed by atoms with van der Waals surface area (Å²) in [5.74, 6) is 0.557. The minimum Gasteiger partial charge on any atom is -0.383 e. The Morgan fingerprint density at radius 1 is 1.43 bits per heavy atom. The Hall–Kier alpha value is -1.84. The Morgan fingerprint density at radius 2 is 2.24 bits per heavy atom. The van der Waals surface area contributed by atoms with Crippen molar-refractivity contribution in [3.63, 3.8) is 0 Å². The number of hydrogen-bond acceptors (Lipinski definition) is 6. The van der Waals surface area contributed by atoms with Gasteiger partial charge in [-0.25, -0.2) is 8.42 Å². The van der Waals surface area contributed by atoms with Crippen LogP contribution < -0.4 is 0 Å². The molecular weight excluding hydrogens is 294 g/mol. The molecule has 0 aromatic carbocycles. The largest absolute Gasteiger partial charge is 0.383 e. The van der Waals surface area contributed by atoms with E-state index in [1.165, 1.54) is 29.8 Å². The summed E-state index contributed by atoms with van der Waals surface area (Å²) in [6, 6.07) is 3.09. The quantitative estimate of drug-likeness (QED) is 0.722. The molecule has 0 radical (unpaired) electrons. The fraction of sp³-hybridized carbons (Fsp3) is 0.417. The van der Waals surface area contributed by atoms with Crippen LogP contribution in [0, 0.1) is 0 Å². The average Bonchev–Trinajstić information content (AvgIpc) is 2.93. The third-order valence-electron chi connectivity index (χ3n) is 2.94. The molecule has 0 spiro atoms. The van der Waals surface area contributed by atoms with E-state index in [9.17, 15) is 8.42 Å². The zero-order valence-electron chi connectivity index (χ0n) is 11.9. The number of sulfonamides is 1. The molecule has 0 N–H and O–H groups in total. The average molecular weight is 311 g/mol. The van der Waals surface area contributed by atoms with Gasteiger partial charge in [0.25, 0.3) is 0 Å². The maximum absolute atomic E-state index is 12.4. The highest BCUT2D eigenvalue weighted by atomic mass is 32.2. The SMILES string of the molecule is COCCn1cnnc1CN(C)S(=O)(=O)c1cccnc1. The number of hydrogen-bond donors (Lipinski definition) is 0. The van der Waals surface area contributed by atoms with Gasteiger partial charge in [-0.2, -0.15) is 4.31 Å². The first-order valence-electron chi connectivity index (χ1n) is 6.27. The summed E-state index contributed by atoms with van der Waals surface area (Å²) in [4.78, 5) is 3.98. The van der Waals surface area contributed by atoms with Crippen molar-refractivity contribution in [3.8, 4) is 0 Å². The maximum Gasteiger partial charge on any atom is 0.244 e. The van der Waals surface area contributed by atoms with Gasteiger partial charge in [-0.3, -0.25) is 4.98 Å². The summed E-state index contributed by atoms with van der Waals surface area (Å²) >= 11 is 0. The van der Waals surface area contributed by atoms with Crippen LogP contribution in [0.2, 0.25) is 0 Å². The van der Waals surface area contributed by atoms with E-state index in [0.717, 1.165) is 0 Å². The maximum atomic E-state index is 12.4. The van der Waals surface area contributed by atoms with Gasteiger partial charge in [-0.1, -0.05) is 0 Å². The Morgan fingerprint density at radius 3 is 2.90 bits per heavy atom. The normalized spacial score (nSPS) is 12.0. The second-order valence-corrected chi connectivity index (χ2v) is 6.43. The molecule has 9 heteroatoms. The van der Waals surface area contributed by atoms with Gasteiger partial charge in [-0.15, -0.1) is 10.2 Å².